The number of carbonyl (C=O) groups is 1. The van der Waals surface area contributed by atoms with Gasteiger partial charge in [-0.3, -0.25) is 9.48 Å². The number of nitrogens with one attached hydrogen (secondary N) is 3. The third kappa shape index (κ3) is 6.20. The third-order valence-electron chi connectivity index (χ3n) is 5.05. The summed E-state index contributed by atoms with van der Waals surface area (Å²) < 4.78 is 39.5. The molecule has 3 aromatic rings. The van der Waals surface area contributed by atoms with Crippen LogP contribution in [0.4, 0.5) is 27.7 Å². The van der Waals surface area contributed by atoms with Gasteiger partial charge in [0.1, 0.15) is 0 Å². The van der Waals surface area contributed by atoms with Gasteiger partial charge in [-0.25, -0.2) is 22.9 Å². The van der Waals surface area contributed by atoms with Crippen molar-refractivity contribution in [2.24, 2.45) is 12.2 Å². The number of aromatic nitrogens is 4. The van der Waals surface area contributed by atoms with E-state index in [1.54, 1.807) is 67.4 Å². The van der Waals surface area contributed by atoms with Crippen molar-refractivity contribution in [1.82, 2.24) is 19.7 Å². The minimum absolute atomic E-state index is 0.0389. The van der Waals surface area contributed by atoms with Gasteiger partial charge in [0, 0.05) is 31.1 Å². The molecule has 5 N–H and O–H groups in total. The van der Waals surface area contributed by atoms with Gasteiger partial charge in [-0.2, -0.15) is 10.1 Å². The molecule has 0 spiro atoms. The second kappa shape index (κ2) is 10.1. The highest BCUT2D eigenvalue weighted by Crippen LogP contribution is 2.23. The maximum Gasteiger partial charge on any atom is 0.250 e. The Morgan fingerprint density at radius 3 is 2.64 bits per heavy atom. The van der Waals surface area contributed by atoms with Crippen molar-refractivity contribution in [2.45, 2.75) is 17.9 Å². The number of sulfonamides is 1. The molecule has 13 heteroatoms. The molecule has 0 saturated heterocycles. The highest BCUT2D eigenvalue weighted by Gasteiger charge is 2.15. The molecule has 1 aromatic carbocycles. The molecule has 2 heterocycles. The summed E-state index contributed by atoms with van der Waals surface area (Å²) in [6, 6.07) is 5.86. The van der Waals surface area contributed by atoms with Gasteiger partial charge in [-0.15, -0.1) is 0 Å². The van der Waals surface area contributed by atoms with Gasteiger partial charge >= 0.3 is 0 Å². The number of nitrogens with two attached hydrogens (primary N) is 1. The van der Waals surface area contributed by atoms with Crippen LogP contribution < -0.4 is 21.1 Å². The number of anilines is 4. The van der Waals surface area contributed by atoms with Crippen molar-refractivity contribution in [3.63, 3.8) is 0 Å². The number of benzene rings is 1. The quantitative estimate of drug-likeness (QED) is 0.353. The van der Waals surface area contributed by atoms with Crippen LogP contribution in [0.2, 0.25) is 0 Å². The highest BCUT2D eigenvalue weighted by molar-refractivity contribution is 7.89. The van der Waals surface area contributed by atoms with Crippen LogP contribution in [0.15, 0.2) is 77.5 Å². The fourth-order valence-electron chi connectivity index (χ4n) is 3.34. The molecule has 0 atom stereocenters. The number of hydrogen-bond acceptors (Lipinski definition) is 8. The van der Waals surface area contributed by atoms with E-state index in [9.17, 15) is 17.6 Å². The molecule has 4 rings (SSSR count). The van der Waals surface area contributed by atoms with E-state index in [0.717, 1.165) is 6.20 Å². The van der Waals surface area contributed by atoms with Gasteiger partial charge in [0.05, 0.1) is 17.1 Å². The number of rotatable bonds is 7. The Balaban J connectivity index is 1.42. The molecule has 36 heavy (non-hydrogen) atoms. The van der Waals surface area contributed by atoms with Gasteiger partial charge in [0.25, 0.3) is 0 Å². The Labute approximate surface area is 206 Å². The molecule has 2 aromatic heterocycles. The van der Waals surface area contributed by atoms with E-state index in [-0.39, 0.29) is 22.6 Å². The Hall–Kier alpha value is -4.36. The molecule has 0 aliphatic heterocycles. The Kier molecular flexibility index (Phi) is 6.94. The number of hydrogen-bond donors (Lipinski definition) is 4. The Morgan fingerprint density at radius 2 is 1.97 bits per heavy atom. The molecule has 1 aliphatic carbocycles. The second-order valence-corrected chi connectivity index (χ2v) is 9.47. The molecule has 0 bridgehead atoms. The van der Waals surface area contributed by atoms with Crippen LogP contribution >= 0.6 is 0 Å². The molecule has 1 amide bonds. The topological polar surface area (TPSA) is 157 Å². The lowest BCUT2D eigenvalue weighted by molar-refractivity contribution is -0.112. The van der Waals surface area contributed by atoms with Crippen molar-refractivity contribution in [3.8, 4) is 0 Å². The Morgan fingerprint density at radius 1 is 1.22 bits per heavy atom. The molecule has 0 radical (unpaired) electrons. The smallest absolute Gasteiger partial charge is 0.250 e. The number of nitrogens with zero attached hydrogens (tertiary/aromatic N) is 4. The number of primary sulfonamides is 1. The number of amides is 1. The minimum atomic E-state index is -3.91. The molecule has 0 saturated carbocycles. The van der Waals surface area contributed by atoms with Crippen molar-refractivity contribution >= 4 is 39.2 Å². The maximum atomic E-state index is 14.4. The van der Waals surface area contributed by atoms with Crippen molar-refractivity contribution in [1.29, 1.82) is 0 Å². The first kappa shape index (κ1) is 24.8. The molecular formula is C23H23FN8O3S. The molecule has 1 aliphatic rings. The lowest BCUT2D eigenvalue weighted by atomic mass is 10.1. The summed E-state index contributed by atoms with van der Waals surface area (Å²) in [5.74, 6) is -0.571. The normalized spacial score (nSPS) is 15.0. The fraction of sp³-hybridized carbons (Fsp3) is 0.130. The van der Waals surface area contributed by atoms with Gasteiger partial charge in [-0.05, 0) is 30.2 Å². The fourth-order valence-corrected chi connectivity index (χ4v) is 4.15. The summed E-state index contributed by atoms with van der Waals surface area (Å²) in [7, 11) is -2.16. The molecular weight excluding hydrogens is 487 g/mol. The number of allylic oxidation sites excluding steroid dienone is 3. The van der Waals surface area contributed by atoms with E-state index in [1.165, 1.54) is 12.1 Å². The third-order valence-corrected chi connectivity index (χ3v) is 6.11. The molecule has 0 fully saturated rings. The minimum Gasteiger partial charge on any atom is -0.358 e. The predicted octanol–water partition coefficient (Wildman–Crippen LogP) is 2.52. The first-order valence-corrected chi connectivity index (χ1v) is 12.2. The lowest BCUT2D eigenvalue weighted by Gasteiger charge is -2.16. The largest absolute Gasteiger partial charge is 0.358 e. The number of halogens is 1. The van der Waals surface area contributed by atoms with E-state index < -0.39 is 21.9 Å². The summed E-state index contributed by atoms with van der Waals surface area (Å²) in [6.07, 6.45) is 11.1. The van der Waals surface area contributed by atoms with E-state index in [2.05, 4.69) is 31.0 Å². The maximum absolute atomic E-state index is 14.4. The zero-order valence-corrected chi connectivity index (χ0v) is 20.1. The average Bonchev–Trinajstić information content (AvgIpc) is 3.22. The van der Waals surface area contributed by atoms with Gasteiger partial charge in [-0.1, -0.05) is 30.4 Å². The second-order valence-electron chi connectivity index (χ2n) is 7.94. The number of carbonyl (C=O) groups excluding carboxylic acids is 1. The summed E-state index contributed by atoms with van der Waals surface area (Å²) in [5, 5.41) is 17.8. The average molecular weight is 511 g/mol. The molecule has 0 unspecified atom stereocenters. The van der Waals surface area contributed by atoms with Crippen LogP contribution in [0.25, 0.3) is 0 Å². The SMILES string of the molecule is Cc1ccc(Nc2ncc(F)c(NC3C=CC(=CC(=O)Nc4ccn(C)n4)C=C3)n2)cc1S(N)(=O)=O. The van der Waals surface area contributed by atoms with Crippen molar-refractivity contribution in [3.05, 3.63) is 84.0 Å². The van der Waals surface area contributed by atoms with E-state index in [0.29, 0.717) is 22.6 Å². The van der Waals surface area contributed by atoms with E-state index in [1.807, 2.05) is 0 Å². The Bertz CT molecular complexity index is 1500. The lowest BCUT2D eigenvalue weighted by Crippen LogP contribution is -2.18. The van der Waals surface area contributed by atoms with Crippen LogP contribution in [0, 0.1) is 12.7 Å². The zero-order chi connectivity index (χ0) is 25.9. The van der Waals surface area contributed by atoms with Crippen LogP contribution in [-0.2, 0) is 21.9 Å². The standard InChI is InChI=1S/C23H23FN8O3S/c1-14-3-6-17(12-19(14)36(25,34)35)28-23-26-13-18(24)22(30-23)27-16-7-4-15(5-8-16)11-21(33)29-20-9-10-32(2)31-20/h3-13,16H,1-2H3,(H2,25,34,35)(H,29,31,33)(H2,26,27,28,30). The van der Waals surface area contributed by atoms with E-state index in [4.69, 9.17) is 5.14 Å². The van der Waals surface area contributed by atoms with Crippen LogP contribution in [-0.4, -0.2) is 40.1 Å². The predicted molar refractivity (Wildman–Crippen MR) is 133 cm³/mol. The summed E-state index contributed by atoms with van der Waals surface area (Å²) in [5.41, 5.74) is 1.51. The van der Waals surface area contributed by atoms with Gasteiger partial charge in [0.2, 0.25) is 21.9 Å². The molecule has 11 nitrogen and oxygen atoms in total. The first-order valence-electron chi connectivity index (χ1n) is 10.6. The summed E-state index contributed by atoms with van der Waals surface area (Å²) in [4.78, 5) is 20.2. The van der Waals surface area contributed by atoms with Crippen molar-refractivity contribution in [2.75, 3.05) is 16.0 Å². The van der Waals surface area contributed by atoms with Crippen LogP contribution in [0.1, 0.15) is 5.56 Å². The summed E-state index contributed by atoms with van der Waals surface area (Å²) >= 11 is 0. The van der Waals surface area contributed by atoms with Crippen LogP contribution in [0.5, 0.6) is 0 Å². The van der Waals surface area contributed by atoms with Crippen molar-refractivity contribution < 1.29 is 17.6 Å². The number of aryl methyl sites for hydroxylation is 2. The van der Waals surface area contributed by atoms with Gasteiger partial charge in [0.15, 0.2) is 17.5 Å². The molecule has 186 valence electrons. The summed E-state index contributed by atoms with van der Waals surface area (Å²) in [6.45, 7) is 1.62. The van der Waals surface area contributed by atoms with E-state index >= 15 is 0 Å². The van der Waals surface area contributed by atoms with Crippen LogP contribution in [0.3, 0.4) is 0 Å². The monoisotopic (exact) mass is 510 g/mol. The van der Waals surface area contributed by atoms with Gasteiger partial charge < -0.3 is 16.0 Å². The highest BCUT2D eigenvalue weighted by atomic mass is 32.2. The first-order chi connectivity index (χ1) is 17.1. The zero-order valence-electron chi connectivity index (χ0n) is 19.3.